The Morgan fingerprint density at radius 3 is 2.67 bits per heavy atom. The van der Waals surface area contributed by atoms with E-state index in [2.05, 4.69) is 24.7 Å². The molecule has 0 aliphatic rings. The molecule has 3 rings (SSSR count). The third-order valence-corrected chi connectivity index (χ3v) is 3.68. The first-order valence-corrected chi connectivity index (χ1v) is 7.42. The number of imidazole rings is 1. The van der Waals surface area contributed by atoms with Crippen LogP contribution in [0.15, 0.2) is 6.33 Å². The number of nitrogens with zero attached hydrogens (tertiary/aromatic N) is 7. The summed E-state index contributed by atoms with van der Waals surface area (Å²) in [7, 11) is 3.81. The molecular formula is C13H18ClN7. The average Bonchev–Trinajstić information content (AvgIpc) is 3.07. The molecule has 0 aliphatic carbocycles. The molecule has 7 nitrogen and oxygen atoms in total. The van der Waals surface area contributed by atoms with Crippen LogP contribution in [-0.4, -0.2) is 40.0 Å². The quantitative estimate of drug-likeness (QED) is 0.665. The van der Waals surface area contributed by atoms with Gasteiger partial charge >= 0.3 is 0 Å². The molecule has 112 valence electrons. The number of rotatable bonds is 5. The monoisotopic (exact) mass is 307 g/mol. The van der Waals surface area contributed by atoms with Crippen molar-refractivity contribution >= 4 is 22.8 Å². The van der Waals surface area contributed by atoms with Crippen molar-refractivity contribution in [3.05, 3.63) is 23.7 Å². The average molecular weight is 308 g/mol. The third-order valence-electron chi connectivity index (χ3n) is 3.49. The second kappa shape index (κ2) is 5.48. The minimum absolute atomic E-state index is 0.553. The third kappa shape index (κ3) is 2.53. The lowest BCUT2D eigenvalue weighted by Crippen LogP contribution is -2.10. The van der Waals surface area contributed by atoms with Crippen LogP contribution in [0.25, 0.3) is 11.2 Å². The zero-order valence-corrected chi connectivity index (χ0v) is 13.2. The summed E-state index contributed by atoms with van der Waals surface area (Å²) >= 11 is 5.90. The first kappa shape index (κ1) is 14.1. The SMILES string of the molecule is Cc1nn(C)c2c1nc(CCCl)n2CCc1ncn(C)n1. The highest BCUT2D eigenvalue weighted by Gasteiger charge is 2.17. The summed E-state index contributed by atoms with van der Waals surface area (Å²) in [6, 6.07) is 0. The van der Waals surface area contributed by atoms with Crippen LogP contribution in [-0.2, 0) is 33.5 Å². The highest BCUT2D eigenvalue weighted by Crippen LogP contribution is 2.20. The van der Waals surface area contributed by atoms with Gasteiger partial charge in [-0.1, -0.05) is 0 Å². The molecule has 0 radical (unpaired) electrons. The van der Waals surface area contributed by atoms with Crippen LogP contribution in [0.3, 0.4) is 0 Å². The summed E-state index contributed by atoms with van der Waals surface area (Å²) in [5.41, 5.74) is 2.92. The molecule has 0 spiro atoms. The number of alkyl halides is 1. The zero-order valence-electron chi connectivity index (χ0n) is 12.4. The van der Waals surface area contributed by atoms with Crippen molar-refractivity contribution in [2.24, 2.45) is 14.1 Å². The molecule has 0 saturated heterocycles. The molecule has 3 aromatic rings. The Balaban J connectivity index is 1.96. The van der Waals surface area contributed by atoms with Crippen molar-refractivity contribution in [1.82, 2.24) is 34.1 Å². The fraction of sp³-hybridized carbons (Fsp3) is 0.538. The Hall–Kier alpha value is -1.89. The summed E-state index contributed by atoms with van der Waals surface area (Å²) in [6.45, 7) is 2.75. The van der Waals surface area contributed by atoms with Crippen molar-refractivity contribution in [2.45, 2.75) is 26.3 Å². The van der Waals surface area contributed by atoms with Gasteiger partial charge in [0.2, 0.25) is 0 Å². The van der Waals surface area contributed by atoms with Crippen molar-refractivity contribution in [3.8, 4) is 0 Å². The Morgan fingerprint density at radius 1 is 1.19 bits per heavy atom. The molecule has 3 heterocycles. The summed E-state index contributed by atoms with van der Waals surface area (Å²) in [5, 5.41) is 8.75. The Labute approximate surface area is 127 Å². The maximum atomic E-state index is 5.90. The van der Waals surface area contributed by atoms with E-state index in [1.165, 1.54) is 0 Å². The van der Waals surface area contributed by atoms with E-state index in [1.54, 1.807) is 11.0 Å². The smallest absolute Gasteiger partial charge is 0.158 e. The number of aryl methyl sites for hydroxylation is 6. The van der Waals surface area contributed by atoms with E-state index in [9.17, 15) is 0 Å². The van der Waals surface area contributed by atoms with Crippen molar-refractivity contribution in [2.75, 3.05) is 5.88 Å². The number of hydrogen-bond donors (Lipinski definition) is 0. The highest BCUT2D eigenvalue weighted by atomic mass is 35.5. The van der Waals surface area contributed by atoms with Gasteiger partial charge in [0.15, 0.2) is 11.5 Å². The highest BCUT2D eigenvalue weighted by molar-refractivity contribution is 6.17. The predicted molar refractivity (Wildman–Crippen MR) is 80.4 cm³/mol. The first-order valence-electron chi connectivity index (χ1n) is 6.89. The zero-order chi connectivity index (χ0) is 15.0. The first-order chi connectivity index (χ1) is 10.1. The molecule has 0 fully saturated rings. The van der Waals surface area contributed by atoms with Crippen LogP contribution < -0.4 is 0 Å². The van der Waals surface area contributed by atoms with E-state index in [0.717, 1.165) is 47.9 Å². The number of halogens is 1. The van der Waals surface area contributed by atoms with Crippen molar-refractivity contribution in [3.63, 3.8) is 0 Å². The van der Waals surface area contributed by atoms with Gasteiger partial charge in [-0.2, -0.15) is 10.2 Å². The van der Waals surface area contributed by atoms with Crippen molar-refractivity contribution in [1.29, 1.82) is 0 Å². The molecule has 0 N–H and O–H groups in total. The van der Waals surface area contributed by atoms with Gasteiger partial charge in [-0.25, -0.2) is 9.97 Å². The summed E-state index contributed by atoms with van der Waals surface area (Å²) in [4.78, 5) is 8.96. The molecule has 0 bridgehead atoms. The van der Waals surface area contributed by atoms with E-state index < -0.39 is 0 Å². The largest absolute Gasteiger partial charge is 0.312 e. The predicted octanol–water partition coefficient (Wildman–Crippen LogP) is 1.23. The van der Waals surface area contributed by atoms with Crippen LogP contribution in [0.2, 0.25) is 0 Å². The van der Waals surface area contributed by atoms with Crippen LogP contribution in [0.4, 0.5) is 0 Å². The van der Waals surface area contributed by atoms with Crippen molar-refractivity contribution < 1.29 is 0 Å². The summed E-state index contributed by atoms with van der Waals surface area (Å²) < 4.78 is 5.77. The fourth-order valence-corrected chi connectivity index (χ4v) is 2.77. The molecule has 3 aromatic heterocycles. The second-order valence-electron chi connectivity index (χ2n) is 5.08. The summed E-state index contributed by atoms with van der Waals surface area (Å²) in [5.74, 6) is 2.37. The van der Waals surface area contributed by atoms with Gasteiger partial charge in [-0.05, 0) is 6.92 Å². The molecule has 0 aromatic carbocycles. The number of hydrogen-bond acceptors (Lipinski definition) is 4. The van der Waals surface area contributed by atoms with Gasteiger partial charge in [0.25, 0.3) is 0 Å². The summed E-state index contributed by atoms with van der Waals surface area (Å²) in [6.07, 6.45) is 3.21. The lowest BCUT2D eigenvalue weighted by Gasteiger charge is -2.07. The van der Waals surface area contributed by atoms with Gasteiger partial charge in [0, 0.05) is 39.4 Å². The minimum atomic E-state index is 0.553. The molecule has 21 heavy (non-hydrogen) atoms. The molecule has 0 unspecified atom stereocenters. The van der Waals surface area contributed by atoms with Gasteiger partial charge in [-0.15, -0.1) is 11.6 Å². The second-order valence-corrected chi connectivity index (χ2v) is 5.46. The molecule has 0 saturated carbocycles. The maximum Gasteiger partial charge on any atom is 0.158 e. The molecule has 0 aliphatic heterocycles. The van der Waals surface area contributed by atoms with E-state index in [-0.39, 0.29) is 0 Å². The Kier molecular flexibility index (Phi) is 3.67. The van der Waals surface area contributed by atoms with E-state index in [0.29, 0.717) is 5.88 Å². The molecular weight excluding hydrogens is 290 g/mol. The Morgan fingerprint density at radius 2 is 2.00 bits per heavy atom. The van der Waals surface area contributed by atoms with Gasteiger partial charge in [-0.3, -0.25) is 9.36 Å². The topological polar surface area (TPSA) is 66.3 Å². The maximum absolute atomic E-state index is 5.90. The lowest BCUT2D eigenvalue weighted by atomic mass is 10.3. The Bertz CT molecular complexity index is 767. The van der Waals surface area contributed by atoms with Gasteiger partial charge in [0.1, 0.15) is 17.7 Å². The fourth-order valence-electron chi connectivity index (χ4n) is 2.60. The van der Waals surface area contributed by atoms with Crippen LogP contribution in [0.5, 0.6) is 0 Å². The number of aromatic nitrogens is 7. The van der Waals surface area contributed by atoms with Crippen LogP contribution in [0, 0.1) is 6.92 Å². The molecule has 8 heteroatoms. The van der Waals surface area contributed by atoms with Crippen LogP contribution in [0.1, 0.15) is 17.3 Å². The lowest BCUT2D eigenvalue weighted by molar-refractivity contribution is 0.623. The van der Waals surface area contributed by atoms with E-state index in [1.807, 2.05) is 25.7 Å². The standard InChI is InChI=1S/C13H18ClN7/c1-9-12-13(20(3)17-9)21(11(16-12)4-6-14)7-5-10-15-8-19(2)18-10/h8H,4-7H2,1-3H3. The van der Waals surface area contributed by atoms with Crippen LogP contribution >= 0.6 is 11.6 Å². The number of fused-ring (bicyclic) bond motifs is 1. The van der Waals surface area contributed by atoms with Gasteiger partial charge in [0.05, 0.1) is 5.69 Å². The van der Waals surface area contributed by atoms with Gasteiger partial charge < -0.3 is 4.57 Å². The normalized spacial score (nSPS) is 11.6. The molecule has 0 atom stereocenters. The minimum Gasteiger partial charge on any atom is -0.312 e. The molecule has 0 amide bonds. The van der Waals surface area contributed by atoms with E-state index >= 15 is 0 Å². The van der Waals surface area contributed by atoms with E-state index in [4.69, 9.17) is 11.6 Å².